The fourth-order valence-corrected chi connectivity index (χ4v) is 2.98. The number of carbonyl (C=O) groups is 1. The lowest BCUT2D eigenvalue weighted by atomic mass is 10.2. The molecule has 0 spiro atoms. The fraction of sp³-hybridized carbons (Fsp3) is 0. The average Bonchev–Trinajstić information content (AvgIpc) is 2.34. The molecule has 2 nitrogen and oxygen atoms in total. The maximum absolute atomic E-state index is 11.0. The highest BCUT2D eigenvalue weighted by atomic mass is 79.9. The van der Waals surface area contributed by atoms with E-state index in [1.165, 1.54) is 11.8 Å². The summed E-state index contributed by atoms with van der Waals surface area (Å²) in [7, 11) is 0. The maximum Gasteiger partial charge on any atom is 0.151 e. The van der Waals surface area contributed by atoms with Crippen LogP contribution in [0.15, 0.2) is 55.4 Å². The molecule has 17 heavy (non-hydrogen) atoms. The summed E-state index contributed by atoms with van der Waals surface area (Å²) in [6.45, 7) is 0. The maximum atomic E-state index is 11.0. The number of pyridine rings is 1. The number of benzene rings is 1. The van der Waals surface area contributed by atoms with Crippen LogP contribution in [0.2, 0.25) is 0 Å². The normalized spacial score (nSPS) is 10.2. The molecule has 0 radical (unpaired) electrons. The third-order valence-electron chi connectivity index (χ3n) is 2.03. The van der Waals surface area contributed by atoms with Crippen LogP contribution in [-0.4, -0.2) is 11.3 Å². The second-order valence-corrected chi connectivity index (χ2v) is 5.99. The second kappa shape index (κ2) is 5.80. The molecule has 0 bridgehead atoms. The number of rotatable bonds is 3. The number of aldehydes is 1. The highest BCUT2D eigenvalue weighted by Gasteiger charge is 2.07. The van der Waals surface area contributed by atoms with Crippen LogP contribution in [0, 0.1) is 0 Å². The molecule has 2 rings (SSSR count). The molecule has 0 aliphatic heterocycles. The van der Waals surface area contributed by atoms with E-state index in [0.29, 0.717) is 5.56 Å². The number of halogens is 2. The predicted molar refractivity (Wildman–Crippen MR) is 75.6 cm³/mol. The quantitative estimate of drug-likeness (QED) is 0.739. The molecule has 0 amide bonds. The van der Waals surface area contributed by atoms with Crippen molar-refractivity contribution in [3.8, 4) is 0 Å². The van der Waals surface area contributed by atoms with Gasteiger partial charge in [0.25, 0.3) is 0 Å². The largest absolute Gasteiger partial charge is 0.298 e. The van der Waals surface area contributed by atoms with Crippen LogP contribution >= 0.6 is 43.6 Å². The molecular formula is C12H7Br2NOS. The molecule has 5 heteroatoms. The standard InChI is InChI=1S/C12H7Br2NOS/c13-9-3-4-11(8(6-9)7-16)17-12-10(14)2-1-5-15-12/h1-7H. The van der Waals surface area contributed by atoms with E-state index >= 15 is 0 Å². The molecule has 86 valence electrons. The number of aromatic nitrogens is 1. The van der Waals surface area contributed by atoms with Crippen molar-refractivity contribution in [1.29, 1.82) is 0 Å². The third kappa shape index (κ3) is 3.18. The van der Waals surface area contributed by atoms with Gasteiger partial charge in [-0.2, -0.15) is 0 Å². The van der Waals surface area contributed by atoms with Gasteiger partial charge in [-0.3, -0.25) is 4.79 Å². The highest BCUT2D eigenvalue weighted by Crippen LogP contribution is 2.33. The summed E-state index contributed by atoms with van der Waals surface area (Å²) in [5.74, 6) is 0. The van der Waals surface area contributed by atoms with Crippen molar-refractivity contribution in [2.45, 2.75) is 9.92 Å². The van der Waals surface area contributed by atoms with Gasteiger partial charge in [-0.25, -0.2) is 4.98 Å². The highest BCUT2D eigenvalue weighted by molar-refractivity contribution is 9.10. The van der Waals surface area contributed by atoms with Gasteiger partial charge in [0, 0.05) is 21.1 Å². The third-order valence-corrected chi connectivity index (χ3v) is 4.54. The Morgan fingerprint density at radius 3 is 2.76 bits per heavy atom. The number of carbonyl (C=O) groups excluding carboxylic acids is 1. The number of hydrogen-bond acceptors (Lipinski definition) is 3. The Labute approximate surface area is 120 Å². The van der Waals surface area contributed by atoms with Crippen molar-refractivity contribution in [2.24, 2.45) is 0 Å². The van der Waals surface area contributed by atoms with E-state index in [-0.39, 0.29) is 0 Å². The molecule has 0 N–H and O–H groups in total. The zero-order valence-electron chi connectivity index (χ0n) is 8.56. The van der Waals surface area contributed by atoms with Crippen molar-refractivity contribution >= 4 is 49.9 Å². The van der Waals surface area contributed by atoms with Gasteiger partial charge >= 0.3 is 0 Å². The Morgan fingerprint density at radius 2 is 2.06 bits per heavy atom. The second-order valence-electron chi connectivity index (χ2n) is 3.19. The molecule has 0 saturated carbocycles. The molecule has 0 fully saturated rings. The zero-order valence-corrected chi connectivity index (χ0v) is 12.5. The number of hydrogen-bond donors (Lipinski definition) is 0. The SMILES string of the molecule is O=Cc1cc(Br)ccc1Sc1ncccc1Br. The molecule has 0 saturated heterocycles. The summed E-state index contributed by atoms with van der Waals surface area (Å²) < 4.78 is 1.81. The molecule has 0 aliphatic rings. The van der Waals surface area contributed by atoms with E-state index in [9.17, 15) is 4.79 Å². The van der Waals surface area contributed by atoms with E-state index in [2.05, 4.69) is 36.8 Å². The first-order chi connectivity index (χ1) is 8.20. The molecule has 1 heterocycles. The minimum Gasteiger partial charge on any atom is -0.298 e. The Kier molecular flexibility index (Phi) is 4.36. The van der Waals surface area contributed by atoms with Crippen molar-refractivity contribution in [2.75, 3.05) is 0 Å². The van der Waals surface area contributed by atoms with Gasteiger partial charge in [0.05, 0.1) is 4.47 Å². The lowest BCUT2D eigenvalue weighted by Gasteiger charge is -2.05. The minimum absolute atomic E-state index is 0.655. The summed E-state index contributed by atoms with van der Waals surface area (Å²) in [5.41, 5.74) is 0.655. The van der Waals surface area contributed by atoms with E-state index < -0.39 is 0 Å². The van der Waals surface area contributed by atoms with E-state index in [0.717, 1.165) is 25.2 Å². The van der Waals surface area contributed by atoms with Crippen LogP contribution < -0.4 is 0 Å². The van der Waals surface area contributed by atoms with Crippen LogP contribution in [-0.2, 0) is 0 Å². The molecular weight excluding hydrogens is 366 g/mol. The summed E-state index contributed by atoms with van der Waals surface area (Å²) in [6.07, 6.45) is 2.58. The molecule has 1 aromatic heterocycles. The van der Waals surface area contributed by atoms with Crippen LogP contribution in [0.25, 0.3) is 0 Å². The molecule has 1 aromatic carbocycles. The molecule has 2 aromatic rings. The van der Waals surface area contributed by atoms with Crippen LogP contribution in [0.3, 0.4) is 0 Å². The summed E-state index contributed by atoms with van der Waals surface area (Å²) >= 11 is 8.24. The Morgan fingerprint density at radius 1 is 1.24 bits per heavy atom. The van der Waals surface area contributed by atoms with E-state index in [4.69, 9.17) is 0 Å². The smallest absolute Gasteiger partial charge is 0.151 e. The summed E-state index contributed by atoms with van der Waals surface area (Å²) in [4.78, 5) is 16.1. The monoisotopic (exact) mass is 371 g/mol. The van der Waals surface area contributed by atoms with Crippen molar-refractivity contribution in [3.63, 3.8) is 0 Å². The van der Waals surface area contributed by atoms with Gasteiger partial charge < -0.3 is 0 Å². The average molecular weight is 373 g/mol. The van der Waals surface area contributed by atoms with Crippen LogP contribution in [0.4, 0.5) is 0 Å². The molecule has 0 atom stereocenters. The van der Waals surface area contributed by atoms with Gasteiger partial charge in [0.2, 0.25) is 0 Å². The van der Waals surface area contributed by atoms with Gasteiger partial charge in [-0.05, 0) is 46.3 Å². The van der Waals surface area contributed by atoms with Gasteiger partial charge in [-0.1, -0.05) is 27.7 Å². The van der Waals surface area contributed by atoms with Crippen LogP contribution in [0.1, 0.15) is 10.4 Å². The van der Waals surface area contributed by atoms with Crippen LogP contribution in [0.5, 0.6) is 0 Å². The summed E-state index contributed by atoms with van der Waals surface area (Å²) in [5, 5.41) is 0.845. The first-order valence-corrected chi connectivity index (χ1v) is 7.14. The first kappa shape index (κ1) is 12.8. The van der Waals surface area contributed by atoms with Crippen molar-refractivity contribution < 1.29 is 4.79 Å². The fourth-order valence-electron chi connectivity index (χ4n) is 1.25. The minimum atomic E-state index is 0.655. The Balaban J connectivity index is 2.36. The van der Waals surface area contributed by atoms with Gasteiger partial charge in [0.1, 0.15) is 5.03 Å². The lowest BCUT2D eigenvalue weighted by Crippen LogP contribution is -1.87. The van der Waals surface area contributed by atoms with Crippen molar-refractivity contribution in [1.82, 2.24) is 4.98 Å². The predicted octanol–water partition coefficient (Wildman–Crippen LogP) is 4.57. The number of nitrogens with zero attached hydrogens (tertiary/aromatic N) is 1. The topological polar surface area (TPSA) is 30.0 Å². The van der Waals surface area contributed by atoms with Crippen molar-refractivity contribution in [3.05, 3.63) is 51.0 Å². The van der Waals surface area contributed by atoms with Gasteiger partial charge in [-0.15, -0.1) is 0 Å². The zero-order chi connectivity index (χ0) is 12.3. The van der Waals surface area contributed by atoms with E-state index in [1.807, 2.05) is 24.3 Å². The first-order valence-electron chi connectivity index (χ1n) is 4.74. The molecule has 0 aliphatic carbocycles. The Hall–Kier alpha value is -0.650. The lowest BCUT2D eigenvalue weighted by molar-refractivity contribution is 0.112. The molecule has 0 unspecified atom stereocenters. The summed E-state index contributed by atoms with van der Waals surface area (Å²) in [6, 6.07) is 9.39. The Bertz CT molecular complexity index is 560. The van der Waals surface area contributed by atoms with Gasteiger partial charge in [0.15, 0.2) is 6.29 Å². The van der Waals surface area contributed by atoms with E-state index in [1.54, 1.807) is 12.3 Å².